The van der Waals surface area contributed by atoms with Crippen molar-refractivity contribution in [3.05, 3.63) is 134 Å². The molecule has 3 unspecified atom stereocenters. The third-order valence-corrected chi connectivity index (χ3v) is 9.38. The number of carbonyl (C=O) groups is 2. The van der Waals surface area contributed by atoms with E-state index in [1.807, 2.05) is 84.0 Å². The Bertz CT molecular complexity index is 1940. The van der Waals surface area contributed by atoms with E-state index in [-0.39, 0.29) is 88.9 Å². The number of nitrogens with one attached hydrogen (secondary N) is 3. The zero-order chi connectivity index (χ0) is 42.3. The van der Waals surface area contributed by atoms with Gasteiger partial charge in [0.05, 0.1) is 12.1 Å². The minimum absolute atomic E-state index is 0. The Balaban J connectivity index is 0.000000728. The standard InChI is InChI=1S/C29H38F2N5O2P.C12H9N2.2C2H6.CH3.K/c1-5-20-10-8-11-21(15-20)16-23(32-26(37)22-12-13-22)27(38)33-28(3,4)18-36-25(17-24(34-36)29(30,31)39)35-14-7-6-9-19(35)2;1-9-7-11(8-14-12(9)13)10-5-3-2-4-6-10;2*1-2;;/h6-9,11,14-15,17,20,22-23H,2,5,10,12-13,16,18,39H2,1,3-4H3,(H,32,37)(H,33,38);1-8,13H;2*1-2H3;1H3;/q;-1;;;-1;+1. The van der Waals surface area contributed by atoms with Gasteiger partial charge in [-0.3, -0.25) is 9.59 Å². The molecule has 2 aliphatic heterocycles. The van der Waals surface area contributed by atoms with Crippen LogP contribution in [0.25, 0.3) is 5.57 Å². The predicted molar refractivity (Wildman–Crippen MR) is 240 cm³/mol. The molecule has 1 aromatic heterocycles. The van der Waals surface area contributed by atoms with Crippen LogP contribution in [0.2, 0.25) is 0 Å². The molecule has 0 radical (unpaired) electrons. The van der Waals surface area contributed by atoms with Gasteiger partial charge in [-0.05, 0) is 68.7 Å². The summed E-state index contributed by atoms with van der Waals surface area (Å²) in [6.07, 6.45) is 20.9. The van der Waals surface area contributed by atoms with Crippen LogP contribution in [0.3, 0.4) is 0 Å². The number of aromatic nitrogens is 2. The van der Waals surface area contributed by atoms with Crippen LogP contribution < -0.4 is 66.9 Å². The molecule has 1 fully saturated rings. The van der Waals surface area contributed by atoms with Gasteiger partial charge >= 0.3 is 57.0 Å². The maximum atomic E-state index is 14.2. The number of dihydropyridines is 1. The van der Waals surface area contributed by atoms with Crippen molar-refractivity contribution < 1.29 is 69.8 Å². The third-order valence-electron chi connectivity index (χ3n) is 9.09. The number of anilines is 1. The van der Waals surface area contributed by atoms with E-state index < -0.39 is 22.9 Å². The first-order valence-electron chi connectivity index (χ1n) is 19.7. The fourth-order valence-electron chi connectivity index (χ4n) is 6.01. The summed E-state index contributed by atoms with van der Waals surface area (Å²) in [6.45, 7) is 23.5. The average Bonchev–Trinajstić information content (AvgIpc) is 3.97. The first-order valence-corrected chi connectivity index (χ1v) is 20.3. The first kappa shape index (κ1) is 53.6. The fourth-order valence-corrected chi connectivity index (χ4v) is 6.15. The first-order chi connectivity index (χ1) is 27.1. The third kappa shape index (κ3) is 16.5. The zero-order valence-corrected chi connectivity index (χ0v) is 40.6. The molecule has 2 amide bonds. The van der Waals surface area contributed by atoms with Crippen LogP contribution >= 0.6 is 9.24 Å². The minimum atomic E-state index is -3.22. The van der Waals surface area contributed by atoms with Crippen LogP contribution in [-0.4, -0.2) is 45.2 Å². The average molecular weight is 853 g/mol. The number of carbonyl (C=O) groups excluding carboxylic acids is 2. The van der Waals surface area contributed by atoms with Gasteiger partial charge in [-0.25, -0.2) is 11.3 Å². The molecule has 2 aromatic rings. The molecule has 0 bridgehead atoms. The Morgan fingerprint density at radius 1 is 1.10 bits per heavy atom. The van der Waals surface area contributed by atoms with Crippen LogP contribution in [0.5, 0.6) is 0 Å². The largest absolute Gasteiger partial charge is 1.00 e. The molecular weight excluding hydrogens is 791 g/mol. The summed E-state index contributed by atoms with van der Waals surface area (Å²) in [6, 6.07) is 10.4. The van der Waals surface area contributed by atoms with Gasteiger partial charge in [-0.15, -0.1) is 0 Å². The minimum Gasteiger partial charge on any atom is -0.358 e. The van der Waals surface area contributed by atoms with Crippen molar-refractivity contribution in [1.29, 1.82) is 5.41 Å². The van der Waals surface area contributed by atoms with Crippen molar-refractivity contribution in [2.24, 2.45) is 16.8 Å². The summed E-state index contributed by atoms with van der Waals surface area (Å²) in [4.78, 5) is 31.8. The number of nitrogens with zero attached hydrogens (tertiary/aromatic N) is 4. The zero-order valence-electron chi connectivity index (χ0n) is 36.4. The number of aliphatic imine (C=N–C) groups is 1. The number of hydrogen-bond acceptors (Lipinski definition) is 5. The SMILES string of the molecule is C=C1C=CC=CN1c1cc(C(F)(F)P)nn1CC(C)(C)NC(=O)C(CC1=CC(CC)CC=C1)NC(=O)C1CC1.CC.CC.[CH-]=C1C=C(c2ccccc2)C=NC1=N.[CH3-].[K+]. The predicted octanol–water partition coefficient (Wildman–Crippen LogP) is 7.30. The van der Waals surface area contributed by atoms with Gasteiger partial charge in [0.2, 0.25) is 11.8 Å². The second kappa shape index (κ2) is 25.4. The molecular formula is C46H62F2KN7O2P-. The van der Waals surface area contributed by atoms with Gasteiger partial charge in [-0.2, -0.15) is 25.5 Å². The van der Waals surface area contributed by atoms with E-state index in [0.29, 0.717) is 29.4 Å². The molecule has 314 valence electrons. The fraction of sp³-hybridized carbons (Fsp3) is 0.391. The summed E-state index contributed by atoms with van der Waals surface area (Å²) in [5.74, 6) is 0.486. The number of alkyl halides is 2. The molecule has 1 saturated carbocycles. The molecule has 1 aromatic carbocycles. The van der Waals surface area contributed by atoms with E-state index in [0.717, 1.165) is 42.4 Å². The number of amidine groups is 1. The van der Waals surface area contributed by atoms with Crippen LogP contribution in [0.1, 0.15) is 91.8 Å². The Labute approximate surface area is 396 Å². The number of allylic oxidation sites excluding steroid dienone is 7. The summed E-state index contributed by atoms with van der Waals surface area (Å²) < 4.78 is 29.9. The summed E-state index contributed by atoms with van der Waals surface area (Å²) in [5.41, 5.74) is -0.477. The van der Waals surface area contributed by atoms with Gasteiger partial charge in [0.15, 0.2) is 0 Å². The quantitative estimate of drug-likeness (QED) is 0.118. The summed E-state index contributed by atoms with van der Waals surface area (Å²) in [5, 5.41) is 17.5. The van der Waals surface area contributed by atoms with Crippen molar-refractivity contribution in [3.63, 3.8) is 0 Å². The van der Waals surface area contributed by atoms with E-state index >= 15 is 0 Å². The van der Waals surface area contributed by atoms with Gasteiger partial charge in [-0.1, -0.05) is 111 Å². The van der Waals surface area contributed by atoms with Crippen molar-refractivity contribution in [3.8, 4) is 0 Å². The monoisotopic (exact) mass is 852 g/mol. The van der Waals surface area contributed by atoms with E-state index in [9.17, 15) is 18.4 Å². The second-order valence-corrected chi connectivity index (χ2v) is 14.9. The maximum absolute atomic E-state index is 14.2. The number of amides is 2. The Morgan fingerprint density at radius 2 is 1.76 bits per heavy atom. The Hall–Kier alpha value is -3.38. The van der Waals surface area contributed by atoms with Crippen molar-refractivity contribution in [2.75, 3.05) is 4.90 Å². The van der Waals surface area contributed by atoms with Gasteiger partial charge in [0.25, 0.3) is 0 Å². The van der Waals surface area contributed by atoms with Crippen molar-refractivity contribution in [1.82, 2.24) is 20.4 Å². The molecule has 6 rings (SSSR count). The smallest absolute Gasteiger partial charge is 0.358 e. The number of hydrogen-bond donors (Lipinski definition) is 3. The Kier molecular flexibility index (Phi) is 23.1. The van der Waals surface area contributed by atoms with Crippen LogP contribution in [0.15, 0.2) is 114 Å². The van der Waals surface area contributed by atoms with Gasteiger partial charge < -0.3 is 33.4 Å². The van der Waals surface area contributed by atoms with Crippen molar-refractivity contribution >= 4 is 44.5 Å². The summed E-state index contributed by atoms with van der Waals surface area (Å²) in [7, 11) is 1.52. The maximum Gasteiger partial charge on any atom is 1.00 e. The summed E-state index contributed by atoms with van der Waals surface area (Å²) >= 11 is 0. The van der Waals surface area contributed by atoms with Gasteiger partial charge in [0, 0.05) is 42.4 Å². The molecule has 3 N–H and O–H groups in total. The molecule has 3 atom stereocenters. The van der Waals surface area contributed by atoms with E-state index in [2.05, 4.69) is 46.4 Å². The molecule has 0 spiro atoms. The van der Waals surface area contributed by atoms with E-state index in [4.69, 9.17) is 12.0 Å². The normalized spacial score (nSPS) is 17.2. The number of rotatable bonds is 12. The molecule has 4 aliphatic rings. The van der Waals surface area contributed by atoms with E-state index in [1.165, 1.54) is 20.0 Å². The number of halogens is 2. The molecule has 2 aliphatic carbocycles. The molecule has 0 saturated heterocycles. The van der Waals surface area contributed by atoms with Gasteiger partial charge in [0.1, 0.15) is 17.6 Å². The number of benzene rings is 1. The second-order valence-electron chi connectivity index (χ2n) is 14.2. The van der Waals surface area contributed by atoms with Crippen LogP contribution in [-0.2, 0) is 21.8 Å². The van der Waals surface area contributed by atoms with Crippen LogP contribution in [0.4, 0.5) is 14.6 Å². The van der Waals surface area contributed by atoms with E-state index in [1.54, 1.807) is 35.5 Å². The molecule has 3 heterocycles. The topological polar surface area (TPSA) is 115 Å². The van der Waals surface area contributed by atoms with Crippen LogP contribution in [0, 0.1) is 31.3 Å². The molecule has 9 nitrogen and oxygen atoms in total. The molecule has 59 heavy (non-hydrogen) atoms. The van der Waals surface area contributed by atoms with Crippen molar-refractivity contribution in [2.45, 2.75) is 104 Å². The molecule has 13 heteroatoms. The Morgan fingerprint density at radius 3 is 2.34 bits per heavy atom.